The highest BCUT2D eigenvalue weighted by atomic mass is 16.3. The van der Waals surface area contributed by atoms with Crippen molar-refractivity contribution in [2.75, 3.05) is 0 Å². The molecule has 1 heterocycles. The molecule has 9 rings (SSSR count). The zero-order valence-electron chi connectivity index (χ0n) is 37.5. The number of rotatable bonds is 4. The van der Waals surface area contributed by atoms with Crippen LogP contribution in [-0.4, -0.2) is 0 Å². The van der Waals surface area contributed by atoms with Crippen molar-refractivity contribution in [1.82, 2.24) is 0 Å². The van der Waals surface area contributed by atoms with Crippen LogP contribution in [0.1, 0.15) is 19.2 Å². The Bertz CT molecular complexity index is 3190. The van der Waals surface area contributed by atoms with E-state index in [4.69, 9.17) is 20.9 Å². The summed E-state index contributed by atoms with van der Waals surface area (Å²) in [5.41, 5.74) is 2.48. The highest BCUT2D eigenvalue weighted by molar-refractivity contribution is 6.22. The van der Waals surface area contributed by atoms with Crippen molar-refractivity contribution in [3.63, 3.8) is 0 Å². The summed E-state index contributed by atoms with van der Waals surface area (Å²) in [6.07, 6.45) is 0. The van der Waals surface area contributed by atoms with Crippen molar-refractivity contribution >= 4 is 43.5 Å². The third-order valence-electron chi connectivity index (χ3n) is 8.11. The van der Waals surface area contributed by atoms with Gasteiger partial charge in [0.2, 0.25) is 0 Å². The van der Waals surface area contributed by atoms with E-state index >= 15 is 0 Å². The predicted octanol–water partition coefficient (Wildman–Crippen LogP) is 12.6. The van der Waals surface area contributed by atoms with Crippen LogP contribution in [-0.2, 0) is 0 Å². The molecule has 0 saturated heterocycles. The summed E-state index contributed by atoms with van der Waals surface area (Å²) in [6, 6.07) is 18.6. The Morgan fingerprint density at radius 2 is 0.889 bits per heavy atom. The highest BCUT2D eigenvalue weighted by Gasteiger charge is 2.18. The van der Waals surface area contributed by atoms with Gasteiger partial charge in [-0.15, -0.1) is 0 Å². The van der Waals surface area contributed by atoms with Crippen molar-refractivity contribution in [3.05, 3.63) is 170 Å². The lowest BCUT2D eigenvalue weighted by molar-refractivity contribution is 0.670. The molecule has 0 radical (unpaired) electrons. The topological polar surface area (TPSA) is 13.1 Å². The normalized spacial score (nSPS) is 15.9. The molecule has 0 atom stereocenters. The molecule has 0 aliphatic heterocycles. The maximum absolute atomic E-state index is 9.30. The van der Waals surface area contributed by atoms with Crippen LogP contribution in [0.4, 0.5) is 0 Å². The van der Waals surface area contributed by atoms with Gasteiger partial charge >= 0.3 is 0 Å². The smallest absolute Gasteiger partial charge is 0.143 e. The lowest BCUT2D eigenvalue weighted by Gasteiger charge is -2.18. The Balaban J connectivity index is 1.30. The lowest BCUT2D eigenvalue weighted by atomic mass is 9.85. The maximum Gasteiger partial charge on any atom is 0.143 e. The minimum atomic E-state index is -0.648. The van der Waals surface area contributed by atoms with Crippen LogP contribution in [0.3, 0.4) is 0 Å². The van der Waals surface area contributed by atoms with Gasteiger partial charge in [0, 0.05) is 16.3 Å². The second-order valence-electron chi connectivity index (χ2n) is 10.6. The van der Waals surface area contributed by atoms with Crippen molar-refractivity contribution in [3.8, 4) is 44.5 Å². The molecule has 45 heavy (non-hydrogen) atoms. The molecule has 0 unspecified atom stereocenters. The second-order valence-corrected chi connectivity index (χ2v) is 10.6. The SMILES string of the molecule is [2H]c1c([2H])c([2H])c(-c2c([2H])c([2H])c(-c3c4ccccc4c(-c4ccc5oc6c(-c7c([2H])c([2H])c([2H])c([2H])c7[2H])cccc6c5c4)c4ccccc34)c([2H])c2[2H])c([2H])c1[2H]. The van der Waals surface area contributed by atoms with Crippen LogP contribution in [0.25, 0.3) is 88.0 Å². The molecule has 0 aliphatic rings. The molecule has 0 spiro atoms. The van der Waals surface area contributed by atoms with Crippen molar-refractivity contribution in [1.29, 1.82) is 0 Å². The summed E-state index contributed by atoms with van der Waals surface area (Å²) in [5.74, 6) is 0. The molecule has 1 aromatic heterocycles. The summed E-state index contributed by atoms with van der Waals surface area (Å²) < 4.78 is 126. The summed E-state index contributed by atoms with van der Waals surface area (Å²) in [5, 5.41) is 4.10. The fourth-order valence-corrected chi connectivity index (χ4v) is 6.18. The molecule has 9 aromatic rings. The van der Waals surface area contributed by atoms with Crippen LogP contribution in [0.2, 0.25) is 0 Å². The number of fused-ring (bicyclic) bond motifs is 5. The minimum absolute atomic E-state index is 0.00785. The first-order valence-corrected chi connectivity index (χ1v) is 14.3. The molecule has 0 aliphatic carbocycles. The Labute approximate surface area is 281 Å². The third kappa shape index (κ3) is 4.17. The fourth-order valence-electron chi connectivity index (χ4n) is 6.18. The van der Waals surface area contributed by atoms with Gasteiger partial charge < -0.3 is 4.42 Å². The first-order valence-electron chi connectivity index (χ1n) is 21.3. The van der Waals surface area contributed by atoms with E-state index in [0.29, 0.717) is 43.8 Å². The van der Waals surface area contributed by atoms with E-state index in [1.807, 2.05) is 72.8 Å². The van der Waals surface area contributed by atoms with Crippen LogP contribution >= 0.6 is 0 Å². The Kier molecular flexibility index (Phi) is 3.50. The van der Waals surface area contributed by atoms with Crippen LogP contribution < -0.4 is 0 Å². The second kappa shape index (κ2) is 10.4. The molecule has 1 heteroatoms. The zero-order valence-corrected chi connectivity index (χ0v) is 23.5. The zero-order chi connectivity index (χ0) is 41.9. The Morgan fingerprint density at radius 1 is 0.378 bits per heavy atom. The lowest BCUT2D eigenvalue weighted by Crippen LogP contribution is -1.91. The van der Waals surface area contributed by atoms with Gasteiger partial charge in [0.1, 0.15) is 11.2 Å². The minimum Gasteiger partial charge on any atom is -0.455 e. The fraction of sp³-hybridized carbons (Fsp3) is 0. The summed E-state index contributed by atoms with van der Waals surface area (Å²) >= 11 is 0. The van der Waals surface area contributed by atoms with Gasteiger partial charge in [0.25, 0.3) is 0 Å². The molecule has 0 saturated carbocycles. The van der Waals surface area contributed by atoms with E-state index in [1.165, 1.54) is 0 Å². The monoisotopic (exact) mass is 586 g/mol. The summed E-state index contributed by atoms with van der Waals surface area (Å²) in [4.78, 5) is 0. The number of hydrogen-bond donors (Lipinski definition) is 0. The number of benzene rings is 8. The molecule has 210 valence electrons. The molecule has 0 fully saturated rings. The van der Waals surface area contributed by atoms with E-state index in [-0.39, 0.29) is 28.8 Å². The first-order chi connectivity index (χ1) is 28.1. The van der Waals surface area contributed by atoms with Crippen LogP contribution in [0.15, 0.2) is 174 Å². The van der Waals surface area contributed by atoms with E-state index in [0.717, 1.165) is 21.9 Å². The number of furan rings is 1. The maximum atomic E-state index is 9.30. The highest BCUT2D eigenvalue weighted by Crippen LogP contribution is 2.45. The van der Waals surface area contributed by atoms with Gasteiger partial charge in [-0.2, -0.15) is 0 Å². The van der Waals surface area contributed by atoms with Gasteiger partial charge in [0.05, 0.1) is 19.2 Å². The Morgan fingerprint density at radius 3 is 1.51 bits per heavy atom. The van der Waals surface area contributed by atoms with Gasteiger partial charge in [-0.1, -0.05) is 157 Å². The summed E-state index contributed by atoms with van der Waals surface area (Å²) in [6.45, 7) is 0. The quantitative estimate of drug-likeness (QED) is 0.187. The predicted molar refractivity (Wildman–Crippen MR) is 190 cm³/mol. The average Bonchev–Trinajstić information content (AvgIpc) is 3.62. The number of para-hydroxylation sites is 1. The van der Waals surface area contributed by atoms with Gasteiger partial charge in [-0.25, -0.2) is 0 Å². The van der Waals surface area contributed by atoms with E-state index < -0.39 is 78.1 Å². The van der Waals surface area contributed by atoms with Gasteiger partial charge in [-0.05, 0) is 72.6 Å². The summed E-state index contributed by atoms with van der Waals surface area (Å²) in [7, 11) is 0. The van der Waals surface area contributed by atoms with Crippen LogP contribution in [0.5, 0.6) is 0 Å². The standard InChI is InChI=1S/C44H28O/c1-3-12-29(13-4-1)30-22-24-32(25-23-30)42-35-16-7-9-18-37(35)43(38-19-10-8-17-36(38)42)33-26-27-41-40(28-33)39-21-11-20-34(44(39)45-41)31-14-5-2-6-15-31/h1-28H/i1D,2D,3D,4D,5D,6D,12D,13D,14D,15D,22D,23D,24D,25D. The van der Waals surface area contributed by atoms with E-state index in [1.54, 1.807) is 12.1 Å². The van der Waals surface area contributed by atoms with Crippen molar-refractivity contribution in [2.45, 2.75) is 0 Å². The van der Waals surface area contributed by atoms with Crippen molar-refractivity contribution < 1.29 is 23.6 Å². The molecule has 0 amide bonds. The average molecular weight is 587 g/mol. The number of hydrogen-bond acceptors (Lipinski definition) is 1. The molecule has 0 bridgehead atoms. The molecule has 8 aromatic carbocycles. The van der Waals surface area contributed by atoms with Gasteiger partial charge in [0.15, 0.2) is 0 Å². The Hall–Kier alpha value is -5.92. The molecular weight excluding hydrogens is 544 g/mol. The van der Waals surface area contributed by atoms with Crippen LogP contribution in [0, 0.1) is 0 Å². The molecular formula is C44H28O. The van der Waals surface area contributed by atoms with Crippen molar-refractivity contribution in [2.24, 2.45) is 0 Å². The first kappa shape index (κ1) is 15.2. The third-order valence-corrected chi connectivity index (χ3v) is 8.11. The molecule has 1 nitrogen and oxygen atoms in total. The van der Waals surface area contributed by atoms with E-state index in [2.05, 4.69) is 0 Å². The van der Waals surface area contributed by atoms with E-state index in [9.17, 15) is 2.74 Å². The largest absolute Gasteiger partial charge is 0.455 e. The van der Waals surface area contributed by atoms with Gasteiger partial charge in [-0.3, -0.25) is 0 Å². The molecule has 0 N–H and O–H groups in total.